The van der Waals surface area contributed by atoms with Gasteiger partial charge in [-0.1, -0.05) is 13.0 Å². The zero-order valence-electron chi connectivity index (χ0n) is 10.8. The number of sulfonamides is 1. The lowest BCUT2D eigenvalue weighted by atomic mass is 10.4. The largest absolute Gasteiger partial charge is 0.464 e. The first-order valence-electron chi connectivity index (χ1n) is 5.87. The van der Waals surface area contributed by atoms with Crippen LogP contribution in [0.2, 0.25) is 0 Å². The highest BCUT2D eigenvalue weighted by Gasteiger charge is 2.27. The van der Waals surface area contributed by atoms with Gasteiger partial charge in [-0.2, -0.15) is 4.31 Å². The Hall–Kier alpha value is -1.11. The molecule has 0 atom stereocenters. The summed E-state index contributed by atoms with van der Waals surface area (Å²) >= 11 is 0. The van der Waals surface area contributed by atoms with Gasteiger partial charge in [0.05, 0.1) is 6.54 Å². The van der Waals surface area contributed by atoms with E-state index in [0.717, 1.165) is 6.42 Å². The van der Waals surface area contributed by atoms with Gasteiger partial charge in [0.15, 0.2) is 0 Å². The van der Waals surface area contributed by atoms with Crippen molar-refractivity contribution in [2.75, 3.05) is 13.1 Å². The van der Waals surface area contributed by atoms with Gasteiger partial charge in [0.25, 0.3) is 0 Å². The fourth-order valence-electron chi connectivity index (χ4n) is 1.72. The number of aryl methyl sites for hydroxylation is 1. The highest BCUT2D eigenvalue weighted by atomic mass is 32.2. The number of hydrogen-bond acceptors (Lipinski definition) is 4. The Morgan fingerprint density at radius 1 is 1.56 bits per heavy atom. The lowest BCUT2D eigenvalue weighted by molar-refractivity contribution is 0.436. The second-order valence-electron chi connectivity index (χ2n) is 3.99. The van der Waals surface area contributed by atoms with Crippen LogP contribution in [0.15, 0.2) is 28.0 Å². The quantitative estimate of drug-likeness (QED) is 0.765. The number of nitrogens with two attached hydrogens (primary N) is 1. The molecule has 1 heterocycles. The van der Waals surface area contributed by atoms with E-state index in [1.165, 1.54) is 10.4 Å². The topological polar surface area (TPSA) is 76.5 Å². The lowest BCUT2D eigenvalue weighted by Gasteiger charge is -2.19. The van der Waals surface area contributed by atoms with E-state index < -0.39 is 10.0 Å². The Labute approximate surface area is 108 Å². The van der Waals surface area contributed by atoms with E-state index in [1.807, 2.05) is 6.92 Å². The highest BCUT2D eigenvalue weighted by molar-refractivity contribution is 7.89. The van der Waals surface area contributed by atoms with Gasteiger partial charge in [0.2, 0.25) is 10.0 Å². The third kappa shape index (κ3) is 3.01. The summed E-state index contributed by atoms with van der Waals surface area (Å²) in [5.74, 6) is 0.849. The second-order valence-corrected chi connectivity index (χ2v) is 5.90. The molecule has 0 aromatic carbocycles. The average Bonchev–Trinajstić information content (AvgIpc) is 2.71. The van der Waals surface area contributed by atoms with Gasteiger partial charge in [-0.3, -0.25) is 0 Å². The van der Waals surface area contributed by atoms with Crippen molar-refractivity contribution in [3.63, 3.8) is 0 Å². The van der Waals surface area contributed by atoms with Crippen LogP contribution in [-0.2, 0) is 16.6 Å². The molecule has 1 aromatic heterocycles. The zero-order valence-corrected chi connectivity index (χ0v) is 11.7. The molecule has 0 saturated heterocycles. The molecule has 0 aliphatic heterocycles. The van der Waals surface area contributed by atoms with Gasteiger partial charge in [0, 0.05) is 19.2 Å². The molecule has 0 aliphatic rings. The van der Waals surface area contributed by atoms with Crippen molar-refractivity contribution in [3.8, 4) is 0 Å². The smallest absolute Gasteiger partial charge is 0.246 e. The van der Waals surface area contributed by atoms with Gasteiger partial charge >= 0.3 is 0 Å². The third-order valence-electron chi connectivity index (χ3n) is 2.55. The van der Waals surface area contributed by atoms with Crippen molar-refractivity contribution in [2.24, 2.45) is 5.73 Å². The van der Waals surface area contributed by atoms with Gasteiger partial charge in [-0.25, -0.2) is 8.42 Å². The maximum Gasteiger partial charge on any atom is 0.246 e. The first-order chi connectivity index (χ1) is 8.47. The minimum absolute atomic E-state index is 0.186. The normalized spacial score (nSPS) is 12.0. The summed E-state index contributed by atoms with van der Waals surface area (Å²) in [6, 6.07) is 1.50. The van der Waals surface area contributed by atoms with Crippen LogP contribution in [0.1, 0.15) is 24.9 Å². The SMILES string of the molecule is C=CCN(CCC)S(=O)(=O)c1cc(CN)oc1C. The molecule has 0 saturated carbocycles. The summed E-state index contributed by atoms with van der Waals surface area (Å²) in [6.45, 7) is 8.07. The molecule has 18 heavy (non-hydrogen) atoms. The summed E-state index contributed by atoms with van der Waals surface area (Å²) in [5, 5.41) is 0. The molecule has 2 N–H and O–H groups in total. The first kappa shape index (κ1) is 14.9. The standard InChI is InChI=1S/C12H20N2O3S/c1-4-6-14(7-5-2)18(15,16)12-8-11(9-13)17-10(12)3/h4,8H,1,5-7,9,13H2,2-3H3. The van der Waals surface area contributed by atoms with E-state index in [0.29, 0.717) is 24.6 Å². The Kier molecular flexibility index (Phi) is 5.13. The predicted octanol–water partition coefficient (Wildman–Crippen LogP) is 1.63. The maximum absolute atomic E-state index is 12.4. The molecule has 102 valence electrons. The second kappa shape index (κ2) is 6.17. The average molecular weight is 272 g/mol. The third-order valence-corrected chi connectivity index (χ3v) is 4.52. The van der Waals surface area contributed by atoms with Gasteiger partial charge in [-0.05, 0) is 13.3 Å². The van der Waals surface area contributed by atoms with E-state index in [4.69, 9.17) is 10.2 Å². The van der Waals surface area contributed by atoms with Crippen molar-refractivity contribution in [3.05, 3.63) is 30.2 Å². The van der Waals surface area contributed by atoms with E-state index in [-0.39, 0.29) is 11.4 Å². The predicted molar refractivity (Wildman–Crippen MR) is 70.6 cm³/mol. The summed E-state index contributed by atoms with van der Waals surface area (Å²) in [7, 11) is -3.53. The number of furan rings is 1. The molecule has 0 fully saturated rings. The fourth-order valence-corrected chi connectivity index (χ4v) is 3.41. The fraction of sp³-hybridized carbons (Fsp3) is 0.500. The minimum Gasteiger partial charge on any atom is -0.464 e. The molecule has 0 unspecified atom stereocenters. The summed E-state index contributed by atoms with van der Waals surface area (Å²) in [4.78, 5) is 0.193. The van der Waals surface area contributed by atoms with Gasteiger partial charge < -0.3 is 10.2 Å². The van der Waals surface area contributed by atoms with Crippen molar-refractivity contribution in [1.29, 1.82) is 0 Å². The highest BCUT2D eigenvalue weighted by Crippen LogP contribution is 2.23. The maximum atomic E-state index is 12.4. The Morgan fingerprint density at radius 2 is 2.22 bits per heavy atom. The monoisotopic (exact) mass is 272 g/mol. The molecule has 0 radical (unpaired) electrons. The van der Waals surface area contributed by atoms with E-state index in [9.17, 15) is 8.42 Å². The van der Waals surface area contributed by atoms with Gasteiger partial charge in [-0.15, -0.1) is 6.58 Å². The van der Waals surface area contributed by atoms with Crippen LogP contribution in [-0.4, -0.2) is 25.8 Å². The molecule has 1 rings (SSSR count). The molecule has 0 aliphatic carbocycles. The van der Waals surface area contributed by atoms with Crippen LogP contribution < -0.4 is 5.73 Å². The van der Waals surface area contributed by atoms with Crippen LogP contribution in [0.25, 0.3) is 0 Å². The summed E-state index contributed by atoms with van der Waals surface area (Å²) in [5.41, 5.74) is 5.45. The van der Waals surface area contributed by atoms with E-state index in [2.05, 4.69) is 6.58 Å². The molecular weight excluding hydrogens is 252 g/mol. The number of rotatable bonds is 7. The van der Waals surface area contributed by atoms with Crippen LogP contribution in [0.4, 0.5) is 0 Å². The van der Waals surface area contributed by atoms with Crippen LogP contribution in [0.3, 0.4) is 0 Å². The summed E-state index contributed by atoms with van der Waals surface area (Å²) < 4.78 is 31.6. The summed E-state index contributed by atoms with van der Waals surface area (Å²) in [6.07, 6.45) is 2.32. The van der Waals surface area contributed by atoms with Crippen molar-refractivity contribution >= 4 is 10.0 Å². The minimum atomic E-state index is -3.53. The van der Waals surface area contributed by atoms with Crippen LogP contribution >= 0.6 is 0 Å². The molecule has 0 spiro atoms. The van der Waals surface area contributed by atoms with E-state index >= 15 is 0 Å². The number of hydrogen-bond donors (Lipinski definition) is 1. The molecule has 6 heteroatoms. The molecule has 1 aromatic rings. The Morgan fingerprint density at radius 3 is 2.67 bits per heavy atom. The number of nitrogens with zero attached hydrogens (tertiary/aromatic N) is 1. The Bertz CT molecular complexity index is 505. The molecule has 0 amide bonds. The van der Waals surface area contributed by atoms with E-state index in [1.54, 1.807) is 13.0 Å². The van der Waals surface area contributed by atoms with Crippen molar-refractivity contribution in [1.82, 2.24) is 4.31 Å². The van der Waals surface area contributed by atoms with Gasteiger partial charge in [0.1, 0.15) is 16.4 Å². The zero-order chi connectivity index (χ0) is 13.8. The Balaban J connectivity index is 3.16. The molecule has 0 bridgehead atoms. The van der Waals surface area contributed by atoms with Crippen molar-refractivity contribution in [2.45, 2.75) is 31.7 Å². The van der Waals surface area contributed by atoms with Crippen LogP contribution in [0.5, 0.6) is 0 Å². The molecular formula is C12H20N2O3S. The van der Waals surface area contributed by atoms with Crippen molar-refractivity contribution < 1.29 is 12.8 Å². The molecule has 5 nitrogen and oxygen atoms in total. The first-order valence-corrected chi connectivity index (χ1v) is 7.31. The van der Waals surface area contributed by atoms with Crippen LogP contribution in [0, 0.1) is 6.92 Å². The lowest BCUT2D eigenvalue weighted by Crippen LogP contribution is -2.32.